The molecule has 1 radical (unpaired) electrons. The van der Waals surface area contributed by atoms with Crippen LogP contribution in [0.4, 0.5) is 0 Å². The molecule has 0 N–H and O–H groups in total. The van der Waals surface area contributed by atoms with E-state index in [2.05, 4.69) is 6.92 Å². The molecule has 55 valence electrons. The number of thiol groups is 1. The third-order valence-corrected chi connectivity index (χ3v) is 1.64. The second-order valence-corrected chi connectivity index (χ2v) is 2.90. The molecule has 0 atom stereocenters. The molecule has 0 aromatic rings. The molecule has 0 aromatic heterocycles. The Kier molecular flexibility index (Phi) is 6.04. The van der Waals surface area contributed by atoms with Crippen LogP contribution < -0.4 is 0 Å². The third kappa shape index (κ3) is 7.95. The van der Waals surface area contributed by atoms with Crippen molar-refractivity contribution in [3.8, 4) is 0 Å². The summed E-state index contributed by atoms with van der Waals surface area (Å²) < 4.78 is 19.9. The number of rotatable bonds is 5. The smallest absolute Gasteiger partial charge is 0.144 e. The van der Waals surface area contributed by atoms with Gasteiger partial charge in [-0.2, -0.15) is 0 Å². The summed E-state index contributed by atoms with van der Waals surface area (Å²) in [6.07, 6.45) is 3.98. The number of unbranched alkanes of at least 4 members (excludes halogenated alkanes) is 3. The summed E-state index contributed by atoms with van der Waals surface area (Å²) in [6.45, 7) is 2.09. The van der Waals surface area contributed by atoms with E-state index in [-0.39, 0.29) is 0 Å². The highest BCUT2D eigenvalue weighted by molar-refractivity contribution is 7.74. The Morgan fingerprint density at radius 3 is 2.44 bits per heavy atom. The van der Waals surface area contributed by atoms with Crippen molar-refractivity contribution in [2.24, 2.45) is 0 Å². The molecule has 0 aliphatic carbocycles. The monoisotopic (exact) mass is 149 g/mol. The molecule has 0 spiro atoms. The van der Waals surface area contributed by atoms with Gasteiger partial charge in [-0.15, -0.1) is 0 Å². The van der Waals surface area contributed by atoms with Gasteiger partial charge in [0, 0.05) is 0 Å². The fraction of sp³-hybridized carbons (Fsp3) is 0.833. The predicted octanol–water partition coefficient (Wildman–Crippen LogP) is 1.34. The van der Waals surface area contributed by atoms with E-state index in [1.807, 2.05) is 0 Å². The van der Waals surface area contributed by atoms with Gasteiger partial charge in [-0.25, -0.2) is 8.42 Å². The largest absolute Gasteiger partial charge is 0.232 e. The molecule has 0 aromatic carbocycles. The van der Waals surface area contributed by atoms with Crippen LogP contribution in [0.2, 0.25) is 0 Å². The molecular formula is C6H13O2S. The highest BCUT2D eigenvalue weighted by Gasteiger charge is 1.88. The van der Waals surface area contributed by atoms with Crippen LogP contribution in [0.1, 0.15) is 32.6 Å². The van der Waals surface area contributed by atoms with Crippen LogP contribution in [0.3, 0.4) is 0 Å². The van der Waals surface area contributed by atoms with Crippen LogP contribution in [0.5, 0.6) is 0 Å². The van der Waals surface area contributed by atoms with Gasteiger partial charge in [0.25, 0.3) is 0 Å². The Balaban J connectivity index is 2.92. The minimum atomic E-state index is -2.24. The minimum absolute atomic E-state index is 0.715. The van der Waals surface area contributed by atoms with Crippen molar-refractivity contribution in [2.75, 3.05) is 0 Å². The van der Waals surface area contributed by atoms with Crippen molar-refractivity contribution < 1.29 is 8.42 Å². The third-order valence-electron chi connectivity index (χ3n) is 1.09. The first kappa shape index (κ1) is 8.95. The molecule has 0 aliphatic rings. The van der Waals surface area contributed by atoms with Crippen molar-refractivity contribution >= 4 is 10.7 Å². The Hall–Kier alpha value is -0.0500. The van der Waals surface area contributed by atoms with E-state index >= 15 is 0 Å². The van der Waals surface area contributed by atoms with Crippen LogP contribution in [-0.4, -0.2) is 8.42 Å². The molecule has 3 heteroatoms. The summed E-state index contributed by atoms with van der Waals surface area (Å²) in [5.74, 6) is 1.35. The Labute approximate surface area is 58.2 Å². The Morgan fingerprint density at radius 2 is 2.00 bits per heavy atom. The lowest BCUT2D eigenvalue weighted by molar-refractivity contribution is 0.615. The lowest BCUT2D eigenvalue weighted by Crippen LogP contribution is -1.79. The Morgan fingerprint density at radius 1 is 1.33 bits per heavy atom. The second kappa shape index (κ2) is 6.08. The molecule has 0 heterocycles. The standard InChI is InChI=1S/C6H13O2S/c1-2-3-4-5-6-9(7)8/h6,9H,2-5H2,1H3. The fourth-order valence-electron chi connectivity index (χ4n) is 0.591. The molecule has 0 bridgehead atoms. The predicted molar refractivity (Wildman–Crippen MR) is 38.8 cm³/mol. The van der Waals surface area contributed by atoms with Crippen LogP contribution in [0.25, 0.3) is 0 Å². The van der Waals surface area contributed by atoms with Crippen LogP contribution in [0.15, 0.2) is 0 Å². The van der Waals surface area contributed by atoms with Crippen molar-refractivity contribution in [3.05, 3.63) is 5.75 Å². The lowest BCUT2D eigenvalue weighted by atomic mass is 10.2. The molecule has 0 fully saturated rings. The fourth-order valence-corrected chi connectivity index (χ4v) is 0.984. The molecule has 0 unspecified atom stereocenters. The quantitative estimate of drug-likeness (QED) is 0.473. The lowest BCUT2D eigenvalue weighted by Gasteiger charge is -1.90. The van der Waals surface area contributed by atoms with E-state index in [0.29, 0.717) is 6.42 Å². The SMILES string of the molecule is CCCCC[CH][SH](=O)=O. The van der Waals surface area contributed by atoms with Crippen LogP contribution in [-0.2, 0) is 10.7 Å². The van der Waals surface area contributed by atoms with Gasteiger partial charge in [-0.3, -0.25) is 0 Å². The Bertz CT molecular complexity index is 110. The first-order chi connectivity index (χ1) is 4.27. The zero-order valence-electron chi connectivity index (χ0n) is 5.67. The molecule has 0 saturated carbocycles. The molecular weight excluding hydrogens is 136 g/mol. The highest BCUT2D eigenvalue weighted by atomic mass is 32.2. The second-order valence-electron chi connectivity index (χ2n) is 1.96. The van der Waals surface area contributed by atoms with Crippen LogP contribution >= 0.6 is 0 Å². The molecule has 0 amide bonds. The first-order valence-corrected chi connectivity index (χ1v) is 4.49. The molecule has 0 saturated heterocycles. The van der Waals surface area contributed by atoms with Crippen molar-refractivity contribution in [3.63, 3.8) is 0 Å². The molecule has 9 heavy (non-hydrogen) atoms. The zero-order chi connectivity index (χ0) is 7.11. The van der Waals surface area contributed by atoms with Crippen LogP contribution in [0, 0.1) is 5.75 Å². The molecule has 2 nitrogen and oxygen atoms in total. The van der Waals surface area contributed by atoms with E-state index < -0.39 is 10.7 Å². The normalized spacial score (nSPS) is 10.4. The van der Waals surface area contributed by atoms with Crippen molar-refractivity contribution in [1.82, 2.24) is 0 Å². The number of hydrogen-bond acceptors (Lipinski definition) is 2. The maximum absolute atomic E-state index is 9.94. The maximum atomic E-state index is 9.94. The topological polar surface area (TPSA) is 34.1 Å². The summed E-state index contributed by atoms with van der Waals surface area (Å²) in [4.78, 5) is 0. The average molecular weight is 149 g/mol. The van der Waals surface area contributed by atoms with E-state index in [4.69, 9.17) is 0 Å². The summed E-state index contributed by atoms with van der Waals surface area (Å²) in [5.41, 5.74) is 0. The van der Waals surface area contributed by atoms with E-state index in [9.17, 15) is 8.42 Å². The van der Waals surface area contributed by atoms with E-state index in [1.165, 1.54) is 5.75 Å². The maximum Gasteiger partial charge on any atom is 0.144 e. The van der Waals surface area contributed by atoms with Gasteiger partial charge in [0.05, 0.1) is 5.75 Å². The van der Waals surface area contributed by atoms with Crippen molar-refractivity contribution in [1.29, 1.82) is 0 Å². The van der Waals surface area contributed by atoms with Gasteiger partial charge in [0.1, 0.15) is 10.7 Å². The minimum Gasteiger partial charge on any atom is -0.232 e. The molecule has 0 rings (SSSR count). The van der Waals surface area contributed by atoms with E-state index in [0.717, 1.165) is 19.3 Å². The van der Waals surface area contributed by atoms with Gasteiger partial charge in [0.15, 0.2) is 0 Å². The van der Waals surface area contributed by atoms with Gasteiger partial charge in [-0.1, -0.05) is 26.2 Å². The van der Waals surface area contributed by atoms with Gasteiger partial charge in [-0.05, 0) is 6.42 Å². The number of hydrogen-bond donors (Lipinski definition) is 1. The summed E-state index contributed by atoms with van der Waals surface area (Å²) in [7, 11) is -2.24. The van der Waals surface area contributed by atoms with Gasteiger partial charge < -0.3 is 0 Å². The molecule has 0 aliphatic heterocycles. The zero-order valence-corrected chi connectivity index (χ0v) is 6.56. The van der Waals surface area contributed by atoms with Gasteiger partial charge >= 0.3 is 0 Å². The summed E-state index contributed by atoms with van der Waals surface area (Å²) >= 11 is 0. The van der Waals surface area contributed by atoms with E-state index in [1.54, 1.807) is 0 Å². The summed E-state index contributed by atoms with van der Waals surface area (Å²) in [5, 5.41) is 0. The highest BCUT2D eigenvalue weighted by Crippen LogP contribution is 2.00. The average Bonchev–Trinajstić information content (AvgIpc) is 1.80. The summed E-state index contributed by atoms with van der Waals surface area (Å²) in [6, 6.07) is 0. The van der Waals surface area contributed by atoms with Crippen molar-refractivity contribution in [2.45, 2.75) is 32.6 Å². The van der Waals surface area contributed by atoms with Gasteiger partial charge in [0.2, 0.25) is 0 Å². The first-order valence-electron chi connectivity index (χ1n) is 3.24.